The van der Waals surface area contributed by atoms with Crippen LogP contribution in [0.5, 0.6) is 0 Å². The zero-order valence-electron chi connectivity index (χ0n) is 17.6. The second kappa shape index (κ2) is 9.19. The molecule has 0 saturated carbocycles. The van der Waals surface area contributed by atoms with Crippen molar-refractivity contribution >= 4 is 42.8 Å². The van der Waals surface area contributed by atoms with Gasteiger partial charge >= 0.3 is 0 Å². The van der Waals surface area contributed by atoms with Crippen molar-refractivity contribution in [3.8, 4) is 11.1 Å². The summed E-state index contributed by atoms with van der Waals surface area (Å²) in [6, 6.07) is 17.8. The number of nitrogens with two attached hydrogens (primary N) is 2. The first-order valence-electron chi connectivity index (χ1n) is 9.79. The van der Waals surface area contributed by atoms with Gasteiger partial charge in [0.15, 0.2) is 0 Å². The lowest BCUT2D eigenvalue weighted by Crippen LogP contribution is -2.14. The summed E-state index contributed by atoms with van der Waals surface area (Å²) in [5, 5.41) is 16.6. The molecule has 0 aliphatic heterocycles. The Bertz CT molecular complexity index is 1420. The Morgan fingerprint density at radius 1 is 0.559 bits per heavy atom. The summed E-state index contributed by atoms with van der Waals surface area (Å²) in [6.45, 7) is 0. The van der Waals surface area contributed by atoms with E-state index in [1.165, 1.54) is 36.9 Å². The third kappa shape index (κ3) is 5.38. The number of rotatable bonds is 7. The zero-order valence-corrected chi connectivity index (χ0v) is 19.2. The minimum atomic E-state index is -3.92. The van der Waals surface area contributed by atoms with Gasteiger partial charge in [-0.2, -0.15) is 0 Å². The molecule has 0 saturated heterocycles. The average molecular weight is 497 g/mol. The summed E-state index contributed by atoms with van der Waals surface area (Å²) in [5.74, 6) is 0. The number of anilines is 4. The molecule has 2 aromatic heterocycles. The van der Waals surface area contributed by atoms with Crippen molar-refractivity contribution in [3.05, 3.63) is 85.5 Å². The first kappa shape index (κ1) is 23.3. The third-order valence-corrected chi connectivity index (χ3v) is 6.72. The van der Waals surface area contributed by atoms with Crippen LogP contribution in [-0.2, 0) is 20.0 Å². The molecule has 0 amide bonds. The quantitative estimate of drug-likeness (QED) is 0.302. The standard InChI is InChI=1S/C22H20N6O4S2/c23-33(29,30)21-13-25-11-9-19(21)27-17-5-1-15(2-6-17)16-3-7-18(8-4-16)28-20-10-12-26-14-22(20)34(24,31)32/h1-14H,(H,25,27)(H,26,28)(H2,23,29,30)(H2,24,31,32). The van der Waals surface area contributed by atoms with Gasteiger partial charge in [-0.3, -0.25) is 9.97 Å². The second-order valence-electron chi connectivity index (χ2n) is 7.24. The van der Waals surface area contributed by atoms with Crippen LogP contribution in [0.2, 0.25) is 0 Å². The van der Waals surface area contributed by atoms with Gasteiger partial charge in [0.2, 0.25) is 20.0 Å². The molecule has 2 heterocycles. The fraction of sp³-hybridized carbons (Fsp3) is 0. The van der Waals surface area contributed by atoms with E-state index >= 15 is 0 Å². The van der Waals surface area contributed by atoms with Crippen LogP contribution in [-0.4, -0.2) is 26.8 Å². The van der Waals surface area contributed by atoms with Crippen LogP contribution in [0.1, 0.15) is 0 Å². The molecule has 0 fully saturated rings. The summed E-state index contributed by atoms with van der Waals surface area (Å²) in [7, 11) is -7.83. The maximum absolute atomic E-state index is 11.7. The van der Waals surface area contributed by atoms with E-state index in [1.807, 2.05) is 48.5 Å². The van der Waals surface area contributed by atoms with E-state index in [0.717, 1.165) is 11.1 Å². The third-order valence-electron chi connectivity index (χ3n) is 4.84. The molecule has 12 heteroatoms. The van der Waals surface area contributed by atoms with Crippen LogP contribution in [0.25, 0.3) is 11.1 Å². The molecular weight excluding hydrogens is 476 g/mol. The monoisotopic (exact) mass is 496 g/mol. The van der Waals surface area contributed by atoms with E-state index in [4.69, 9.17) is 10.3 Å². The molecule has 0 spiro atoms. The number of aromatic nitrogens is 2. The van der Waals surface area contributed by atoms with Crippen molar-refractivity contribution in [2.45, 2.75) is 9.79 Å². The number of hydrogen-bond acceptors (Lipinski definition) is 8. The molecule has 4 rings (SSSR count). The van der Waals surface area contributed by atoms with Gasteiger partial charge in [0, 0.05) is 36.2 Å². The summed E-state index contributed by atoms with van der Waals surface area (Å²) in [4.78, 5) is 7.44. The van der Waals surface area contributed by atoms with E-state index in [2.05, 4.69) is 20.6 Å². The van der Waals surface area contributed by atoms with E-state index in [-0.39, 0.29) is 9.79 Å². The minimum absolute atomic E-state index is 0.0954. The van der Waals surface area contributed by atoms with Crippen LogP contribution in [0.3, 0.4) is 0 Å². The molecule has 34 heavy (non-hydrogen) atoms. The van der Waals surface area contributed by atoms with Gasteiger partial charge in [0.1, 0.15) is 9.79 Å². The van der Waals surface area contributed by atoms with Crippen LogP contribution < -0.4 is 20.9 Å². The first-order chi connectivity index (χ1) is 16.1. The Kier molecular flexibility index (Phi) is 6.30. The number of nitrogens with one attached hydrogen (secondary N) is 2. The molecule has 2 aromatic carbocycles. The van der Waals surface area contributed by atoms with Gasteiger partial charge in [-0.1, -0.05) is 24.3 Å². The molecule has 4 aromatic rings. The Morgan fingerprint density at radius 3 is 1.24 bits per heavy atom. The first-order valence-corrected chi connectivity index (χ1v) is 12.9. The van der Waals surface area contributed by atoms with E-state index < -0.39 is 20.0 Å². The van der Waals surface area contributed by atoms with Crippen molar-refractivity contribution in [3.63, 3.8) is 0 Å². The number of benzene rings is 2. The Morgan fingerprint density at radius 2 is 0.912 bits per heavy atom. The predicted molar refractivity (Wildman–Crippen MR) is 130 cm³/mol. The van der Waals surface area contributed by atoms with Gasteiger partial charge < -0.3 is 10.6 Å². The highest BCUT2D eigenvalue weighted by molar-refractivity contribution is 7.89. The van der Waals surface area contributed by atoms with Crippen molar-refractivity contribution in [1.82, 2.24) is 9.97 Å². The SMILES string of the molecule is NS(=O)(=O)c1cnccc1Nc1ccc(-c2ccc(Nc3ccncc3S(N)(=O)=O)cc2)cc1. The van der Waals surface area contributed by atoms with Gasteiger partial charge in [0.05, 0.1) is 11.4 Å². The summed E-state index contributed by atoms with van der Waals surface area (Å²) < 4.78 is 47.0. The lowest BCUT2D eigenvalue weighted by molar-refractivity contribution is 0.596. The fourth-order valence-corrected chi connectivity index (χ4v) is 4.49. The van der Waals surface area contributed by atoms with Crippen molar-refractivity contribution in [2.75, 3.05) is 10.6 Å². The van der Waals surface area contributed by atoms with Crippen LogP contribution in [0.15, 0.2) is 95.2 Å². The smallest absolute Gasteiger partial charge is 0.241 e. The normalized spacial score (nSPS) is 11.7. The molecular formula is C22H20N6O4S2. The molecule has 0 atom stereocenters. The maximum atomic E-state index is 11.7. The van der Waals surface area contributed by atoms with Gasteiger partial charge in [-0.25, -0.2) is 27.1 Å². The van der Waals surface area contributed by atoms with E-state index in [1.54, 1.807) is 0 Å². The Labute approximate surface area is 196 Å². The van der Waals surface area contributed by atoms with Gasteiger partial charge in [-0.15, -0.1) is 0 Å². The topological polar surface area (TPSA) is 170 Å². The molecule has 6 N–H and O–H groups in total. The van der Waals surface area contributed by atoms with Gasteiger partial charge in [0.25, 0.3) is 0 Å². The molecule has 0 radical (unpaired) electrons. The largest absolute Gasteiger partial charge is 0.354 e. The lowest BCUT2D eigenvalue weighted by Gasteiger charge is -2.12. The van der Waals surface area contributed by atoms with Gasteiger partial charge in [-0.05, 0) is 47.5 Å². The van der Waals surface area contributed by atoms with Crippen LogP contribution >= 0.6 is 0 Å². The number of sulfonamides is 2. The van der Waals surface area contributed by atoms with E-state index in [0.29, 0.717) is 22.7 Å². The molecule has 174 valence electrons. The fourth-order valence-electron chi connectivity index (χ4n) is 3.22. The number of primary sulfonamides is 2. The van der Waals surface area contributed by atoms with Crippen LogP contribution in [0, 0.1) is 0 Å². The molecule has 0 aliphatic carbocycles. The Hall–Kier alpha value is -3.84. The molecule has 0 aliphatic rings. The van der Waals surface area contributed by atoms with Crippen molar-refractivity contribution < 1.29 is 16.8 Å². The number of hydrogen-bond donors (Lipinski definition) is 4. The molecule has 10 nitrogen and oxygen atoms in total. The number of pyridine rings is 2. The highest BCUT2D eigenvalue weighted by Crippen LogP contribution is 2.28. The predicted octanol–water partition coefficient (Wildman–Crippen LogP) is 2.93. The van der Waals surface area contributed by atoms with Crippen LogP contribution in [0.4, 0.5) is 22.7 Å². The zero-order chi connectivity index (χ0) is 24.3. The highest BCUT2D eigenvalue weighted by Gasteiger charge is 2.15. The minimum Gasteiger partial charge on any atom is -0.354 e. The lowest BCUT2D eigenvalue weighted by atomic mass is 10.0. The molecule has 0 bridgehead atoms. The van der Waals surface area contributed by atoms with E-state index in [9.17, 15) is 16.8 Å². The second-order valence-corrected chi connectivity index (χ2v) is 10.3. The average Bonchev–Trinajstić information content (AvgIpc) is 2.79. The maximum Gasteiger partial charge on any atom is 0.241 e. The summed E-state index contributed by atoms with van der Waals surface area (Å²) in [5.41, 5.74) is 3.85. The Balaban J connectivity index is 1.51. The summed E-state index contributed by atoms with van der Waals surface area (Å²) >= 11 is 0. The molecule has 0 unspecified atom stereocenters. The highest BCUT2D eigenvalue weighted by atomic mass is 32.2. The summed E-state index contributed by atoms with van der Waals surface area (Å²) in [6.07, 6.45) is 5.33. The number of nitrogens with zero attached hydrogens (tertiary/aromatic N) is 2. The van der Waals surface area contributed by atoms with Crippen molar-refractivity contribution in [1.29, 1.82) is 0 Å². The van der Waals surface area contributed by atoms with Crippen molar-refractivity contribution in [2.24, 2.45) is 10.3 Å².